The Labute approximate surface area is 90.3 Å². The molecule has 0 radical (unpaired) electrons. The van der Waals surface area contributed by atoms with E-state index in [4.69, 9.17) is 4.74 Å². The highest BCUT2D eigenvalue weighted by atomic mass is 32.2. The molecule has 0 aromatic heterocycles. The normalized spacial score (nSPS) is 24.0. The fourth-order valence-corrected chi connectivity index (χ4v) is 3.35. The third-order valence-electron chi connectivity index (χ3n) is 2.58. The molecule has 1 atom stereocenters. The molecular weight excluding hydrogens is 218 g/mol. The van der Waals surface area contributed by atoms with Gasteiger partial charge in [0, 0.05) is 19.7 Å². The first-order valence-electron chi connectivity index (χ1n) is 5.00. The zero-order valence-electron chi connectivity index (χ0n) is 9.10. The van der Waals surface area contributed by atoms with E-state index in [0.717, 1.165) is 0 Å². The Morgan fingerprint density at radius 1 is 1.53 bits per heavy atom. The molecule has 0 saturated carbocycles. The van der Waals surface area contributed by atoms with Crippen molar-refractivity contribution in [2.24, 2.45) is 0 Å². The lowest BCUT2D eigenvalue weighted by Crippen LogP contribution is -2.39. The lowest BCUT2D eigenvalue weighted by molar-refractivity contribution is -0.136. The molecule has 0 aromatic carbocycles. The van der Waals surface area contributed by atoms with Crippen LogP contribution in [0.3, 0.4) is 0 Å². The molecule has 1 amide bonds. The van der Waals surface area contributed by atoms with Gasteiger partial charge in [-0.2, -0.15) is 0 Å². The van der Waals surface area contributed by atoms with Crippen LogP contribution in [0, 0.1) is 0 Å². The van der Waals surface area contributed by atoms with Crippen molar-refractivity contribution in [1.29, 1.82) is 0 Å². The number of sulfone groups is 1. The van der Waals surface area contributed by atoms with Crippen molar-refractivity contribution in [2.45, 2.75) is 19.4 Å². The van der Waals surface area contributed by atoms with Crippen LogP contribution in [0.15, 0.2) is 0 Å². The highest BCUT2D eigenvalue weighted by Gasteiger charge is 2.32. The molecule has 0 spiro atoms. The number of amides is 1. The van der Waals surface area contributed by atoms with Crippen molar-refractivity contribution in [3.05, 3.63) is 0 Å². The first-order valence-corrected chi connectivity index (χ1v) is 6.82. The Hall–Kier alpha value is -0.620. The number of likely N-dealkylation sites (N-methyl/N-ethyl adjacent to an activating group) is 1. The van der Waals surface area contributed by atoms with Crippen LogP contribution in [-0.2, 0) is 19.4 Å². The number of hydrogen-bond donors (Lipinski definition) is 0. The predicted molar refractivity (Wildman–Crippen MR) is 56.3 cm³/mol. The van der Waals surface area contributed by atoms with Crippen LogP contribution in [0.1, 0.15) is 13.3 Å². The molecule has 5 nitrogen and oxygen atoms in total. The summed E-state index contributed by atoms with van der Waals surface area (Å²) in [5.41, 5.74) is 0. The summed E-state index contributed by atoms with van der Waals surface area (Å²) < 4.78 is 27.4. The van der Waals surface area contributed by atoms with Gasteiger partial charge in [-0.25, -0.2) is 8.42 Å². The summed E-state index contributed by atoms with van der Waals surface area (Å²) in [4.78, 5) is 13.0. The Kier molecular flexibility index (Phi) is 4.10. The first kappa shape index (κ1) is 12.4. The van der Waals surface area contributed by atoms with E-state index in [1.165, 1.54) is 4.90 Å². The summed E-state index contributed by atoms with van der Waals surface area (Å²) in [6.07, 6.45) is 0.538. The van der Waals surface area contributed by atoms with Gasteiger partial charge < -0.3 is 9.64 Å². The molecule has 1 aliphatic rings. The van der Waals surface area contributed by atoms with E-state index < -0.39 is 9.84 Å². The molecule has 1 fully saturated rings. The van der Waals surface area contributed by atoms with Crippen molar-refractivity contribution in [3.8, 4) is 0 Å². The smallest absolute Gasteiger partial charge is 0.248 e. The second-order valence-electron chi connectivity index (χ2n) is 3.70. The number of carbonyl (C=O) groups excluding carboxylic acids is 1. The second kappa shape index (κ2) is 4.94. The van der Waals surface area contributed by atoms with Gasteiger partial charge in [-0.05, 0) is 13.3 Å². The Bertz CT molecular complexity index is 325. The van der Waals surface area contributed by atoms with Crippen molar-refractivity contribution in [3.63, 3.8) is 0 Å². The fourth-order valence-electron chi connectivity index (χ4n) is 1.58. The summed E-state index contributed by atoms with van der Waals surface area (Å²) in [5.74, 6) is 0.115. The predicted octanol–water partition coefficient (Wildman–Crippen LogP) is -0.332. The number of carbonyl (C=O) groups is 1. The second-order valence-corrected chi connectivity index (χ2v) is 5.93. The quantitative estimate of drug-likeness (QED) is 0.669. The number of rotatable bonds is 4. The van der Waals surface area contributed by atoms with Crippen LogP contribution in [0.25, 0.3) is 0 Å². The fraction of sp³-hybridized carbons (Fsp3) is 0.889. The average Bonchev–Trinajstić information content (AvgIpc) is 2.54. The molecule has 1 heterocycles. The van der Waals surface area contributed by atoms with Gasteiger partial charge in [0.05, 0.1) is 11.5 Å². The van der Waals surface area contributed by atoms with E-state index in [1.54, 1.807) is 7.05 Å². The molecular formula is C9H17NO4S. The Balaban J connectivity index is 2.47. The van der Waals surface area contributed by atoms with Gasteiger partial charge in [-0.1, -0.05) is 0 Å². The van der Waals surface area contributed by atoms with Gasteiger partial charge in [0.1, 0.15) is 6.61 Å². The molecule has 0 aromatic rings. The molecule has 1 unspecified atom stereocenters. The van der Waals surface area contributed by atoms with E-state index >= 15 is 0 Å². The minimum Gasteiger partial charge on any atom is -0.372 e. The molecule has 0 bridgehead atoms. The molecule has 88 valence electrons. The van der Waals surface area contributed by atoms with Crippen LogP contribution in [0.5, 0.6) is 0 Å². The number of hydrogen-bond acceptors (Lipinski definition) is 4. The summed E-state index contributed by atoms with van der Waals surface area (Å²) in [5, 5.41) is 0. The van der Waals surface area contributed by atoms with Crippen LogP contribution >= 0.6 is 0 Å². The van der Waals surface area contributed by atoms with Crippen LogP contribution in [0.2, 0.25) is 0 Å². The molecule has 1 saturated heterocycles. The molecule has 1 aliphatic heterocycles. The third-order valence-corrected chi connectivity index (χ3v) is 4.33. The SMILES string of the molecule is CCOCC(=O)N(C)C1CCS(=O)(=O)C1. The molecule has 1 rings (SSSR count). The van der Waals surface area contributed by atoms with Gasteiger partial charge in [-0.3, -0.25) is 4.79 Å². The maximum absolute atomic E-state index is 11.5. The zero-order valence-corrected chi connectivity index (χ0v) is 9.92. The minimum atomic E-state index is -2.93. The van der Waals surface area contributed by atoms with E-state index in [-0.39, 0.29) is 30.1 Å². The van der Waals surface area contributed by atoms with Gasteiger partial charge in [0.25, 0.3) is 0 Å². The zero-order chi connectivity index (χ0) is 11.5. The van der Waals surface area contributed by atoms with Gasteiger partial charge >= 0.3 is 0 Å². The van der Waals surface area contributed by atoms with Crippen LogP contribution < -0.4 is 0 Å². The largest absolute Gasteiger partial charge is 0.372 e. The van der Waals surface area contributed by atoms with E-state index in [9.17, 15) is 13.2 Å². The maximum atomic E-state index is 11.5. The summed E-state index contributed by atoms with van der Waals surface area (Å²) >= 11 is 0. The van der Waals surface area contributed by atoms with Crippen molar-refractivity contribution in [2.75, 3.05) is 31.8 Å². The highest BCUT2D eigenvalue weighted by molar-refractivity contribution is 7.91. The monoisotopic (exact) mass is 235 g/mol. The number of ether oxygens (including phenoxy) is 1. The van der Waals surface area contributed by atoms with Gasteiger partial charge in [-0.15, -0.1) is 0 Å². The van der Waals surface area contributed by atoms with E-state index in [2.05, 4.69) is 0 Å². The maximum Gasteiger partial charge on any atom is 0.248 e. The topological polar surface area (TPSA) is 63.7 Å². The van der Waals surface area contributed by atoms with Crippen molar-refractivity contribution in [1.82, 2.24) is 4.90 Å². The number of nitrogens with zero attached hydrogens (tertiary/aromatic N) is 1. The summed E-state index contributed by atoms with van der Waals surface area (Å²) in [6.45, 7) is 2.33. The molecule has 0 aliphatic carbocycles. The molecule has 6 heteroatoms. The summed E-state index contributed by atoms with van der Waals surface area (Å²) in [7, 11) is -1.30. The first-order chi connectivity index (χ1) is 6.96. The van der Waals surface area contributed by atoms with Gasteiger partial charge in [0.15, 0.2) is 9.84 Å². The Morgan fingerprint density at radius 2 is 2.20 bits per heavy atom. The molecule has 0 N–H and O–H groups in total. The van der Waals surface area contributed by atoms with E-state index in [1.807, 2.05) is 6.92 Å². The summed E-state index contributed by atoms with van der Waals surface area (Å²) in [6, 6.07) is -0.178. The van der Waals surface area contributed by atoms with Crippen LogP contribution in [-0.4, -0.2) is 57.0 Å². The minimum absolute atomic E-state index is 0.0313. The Morgan fingerprint density at radius 3 is 2.67 bits per heavy atom. The standard InChI is InChI=1S/C9H17NO4S/c1-3-14-6-9(11)10(2)8-4-5-15(12,13)7-8/h8H,3-7H2,1-2H3. The van der Waals surface area contributed by atoms with Gasteiger partial charge in [0.2, 0.25) is 5.91 Å². The van der Waals surface area contributed by atoms with Crippen LogP contribution in [0.4, 0.5) is 0 Å². The molecule has 15 heavy (non-hydrogen) atoms. The lowest BCUT2D eigenvalue weighted by Gasteiger charge is -2.23. The van der Waals surface area contributed by atoms with Crippen molar-refractivity contribution < 1.29 is 17.9 Å². The lowest BCUT2D eigenvalue weighted by atomic mass is 10.2. The highest BCUT2D eigenvalue weighted by Crippen LogP contribution is 2.16. The van der Waals surface area contributed by atoms with Crippen molar-refractivity contribution >= 4 is 15.7 Å². The van der Waals surface area contributed by atoms with E-state index in [0.29, 0.717) is 13.0 Å². The third kappa shape index (κ3) is 3.46. The average molecular weight is 235 g/mol.